The van der Waals surface area contributed by atoms with Crippen LogP contribution < -0.4 is 0 Å². The van der Waals surface area contributed by atoms with E-state index in [1.54, 1.807) is 11.0 Å². The Labute approximate surface area is 175 Å². The Kier molecular flexibility index (Phi) is 5.85. The molecule has 27 heavy (non-hydrogen) atoms. The van der Waals surface area contributed by atoms with Crippen molar-refractivity contribution in [2.45, 2.75) is 45.1 Å². The SMILES string of the molecule is CC(C)(C)OC(=O)N1CCC(c2nc(Cl)nc3c(F)c(Br)c(Cl)cc23)CC1. The first-order valence-electron chi connectivity index (χ1n) is 8.55. The summed E-state index contributed by atoms with van der Waals surface area (Å²) in [6.07, 6.45) is 0.998. The average molecular weight is 479 g/mol. The van der Waals surface area contributed by atoms with E-state index < -0.39 is 11.4 Å². The molecule has 146 valence electrons. The number of rotatable bonds is 1. The van der Waals surface area contributed by atoms with Gasteiger partial charge < -0.3 is 9.64 Å². The van der Waals surface area contributed by atoms with E-state index in [2.05, 4.69) is 25.9 Å². The number of halogens is 4. The lowest BCUT2D eigenvalue weighted by atomic mass is 9.91. The Balaban J connectivity index is 1.86. The topological polar surface area (TPSA) is 55.3 Å². The van der Waals surface area contributed by atoms with Gasteiger partial charge in [-0.05, 0) is 67.2 Å². The average Bonchev–Trinajstić information content (AvgIpc) is 2.59. The van der Waals surface area contributed by atoms with Crippen LogP contribution in [0, 0.1) is 5.82 Å². The van der Waals surface area contributed by atoms with Crippen molar-refractivity contribution in [1.82, 2.24) is 14.9 Å². The van der Waals surface area contributed by atoms with Crippen molar-refractivity contribution in [3.63, 3.8) is 0 Å². The molecule has 1 fully saturated rings. The number of fused-ring (bicyclic) bond motifs is 1. The van der Waals surface area contributed by atoms with E-state index in [1.807, 2.05) is 20.8 Å². The van der Waals surface area contributed by atoms with Gasteiger partial charge in [-0.2, -0.15) is 0 Å². The van der Waals surface area contributed by atoms with Gasteiger partial charge >= 0.3 is 6.09 Å². The molecule has 0 N–H and O–H groups in total. The second-order valence-corrected chi connectivity index (χ2v) is 9.04. The van der Waals surface area contributed by atoms with E-state index in [1.165, 1.54) is 0 Å². The summed E-state index contributed by atoms with van der Waals surface area (Å²) in [5.41, 5.74) is 0.254. The van der Waals surface area contributed by atoms with Gasteiger partial charge in [0.2, 0.25) is 5.28 Å². The van der Waals surface area contributed by atoms with Crippen molar-refractivity contribution < 1.29 is 13.9 Å². The Morgan fingerprint density at radius 1 is 1.30 bits per heavy atom. The van der Waals surface area contributed by atoms with Crippen LogP contribution in [0.2, 0.25) is 10.3 Å². The van der Waals surface area contributed by atoms with Crippen LogP contribution in [0.1, 0.15) is 45.2 Å². The van der Waals surface area contributed by atoms with Gasteiger partial charge in [0.25, 0.3) is 0 Å². The number of carbonyl (C=O) groups is 1. The molecule has 0 aliphatic carbocycles. The first-order chi connectivity index (χ1) is 12.6. The largest absolute Gasteiger partial charge is 0.444 e. The molecule has 0 spiro atoms. The van der Waals surface area contributed by atoms with Crippen LogP contribution in [-0.4, -0.2) is 39.7 Å². The fourth-order valence-corrected chi connectivity index (χ4v) is 3.81. The summed E-state index contributed by atoms with van der Waals surface area (Å²) < 4.78 is 20.1. The van der Waals surface area contributed by atoms with E-state index in [4.69, 9.17) is 27.9 Å². The zero-order chi connectivity index (χ0) is 19.9. The van der Waals surface area contributed by atoms with Gasteiger partial charge in [0.1, 0.15) is 11.1 Å². The summed E-state index contributed by atoms with van der Waals surface area (Å²) in [6.45, 7) is 6.56. The van der Waals surface area contributed by atoms with Gasteiger partial charge in [0.05, 0.1) is 15.2 Å². The van der Waals surface area contributed by atoms with Gasteiger partial charge in [-0.15, -0.1) is 0 Å². The molecule has 1 amide bonds. The predicted molar refractivity (Wildman–Crippen MR) is 107 cm³/mol. The number of ether oxygens (including phenoxy) is 1. The van der Waals surface area contributed by atoms with Crippen molar-refractivity contribution in [2.24, 2.45) is 0 Å². The molecule has 3 rings (SSSR count). The van der Waals surface area contributed by atoms with E-state index >= 15 is 0 Å². The number of hydrogen-bond acceptors (Lipinski definition) is 4. The van der Waals surface area contributed by atoms with Crippen LogP contribution >= 0.6 is 39.1 Å². The number of aromatic nitrogens is 2. The van der Waals surface area contributed by atoms with Crippen LogP contribution in [0.4, 0.5) is 9.18 Å². The number of likely N-dealkylation sites (tertiary alicyclic amines) is 1. The molecular weight excluding hydrogens is 460 g/mol. The lowest BCUT2D eigenvalue weighted by Gasteiger charge is -2.33. The maximum absolute atomic E-state index is 14.6. The van der Waals surface area contributed by atoms with Crippen LogP contribution in [0.15, 0.2) is 10.5 Å². The highest BCUT2D eigenvalue weighted by molar-refractivity contribution is 9.10. The molecule has 0 radical (unpaired) electrons. The fourth-order valence-electron chi connectivity index (χ4n) is 3.14. The van der Waals surface area contributed by atoms with E-state index in [0.717, 1.165) is 0 Å². The minimum Gasteiger partial charge on any atom is -0.444 e. The number of piperidine rings is 1. The minimum absolute atomic E-state index is 0.0137. The lowest BCUT2D eigenvalue weighted by Crippen LogP contribution is -2.41. The smallest absolute Gasteiger partial charge is 0.410 e. The fraction of sp³-hybridized carbons (Fsp3) is 0.500. The van der Waals surface area contributed by atoms with Crippen molar-refractivity contribution in [1.29, 1.82) is 0 Å². The van der Waals surface area contributed by atoms with E-state index in [0.29, 0.717) is 37.0 Å². The van der Waals surface area contributed by atoms with Crippen molar-refractivity contribution in [2.75, 3.05) is 13.1 Å². The van der Waals surface area contributed by atoms with Gasteiger partial charge in [-0.25, -0.2) is 19.2 Å². The third-order valence-electron chi connectivity index (χ3n) is 4.36. The third-order valence-corrected chi connectivity index (χ3v) is 5.83. The Bertz CT molecular complexity index is 897. The highest BCUT2D eigenvalue weighted by atomic mass is 79.9. The first kappa shape index (κ1) is 20.6. The predicted octanol–water partition coefficient (Wildman–Crippen LogP) is 5.95. The molecule has 0 unspecified atom stereocenters. The molecular formula is C18H19BrCl2FN3O2. The number of carbonyl (C=O) groups excluding carboxylic acids is 1. The quantitative estimate of drug-likeness (QED) is 0.375. The summed E-state index contributed by atoms with van der Waals surface area (Å²) >= 11 is 15.3. The van der Waals surface area contributed by atoms with Crippen LogP contribution in [0.25, 0.3) is 10.9 Å². The summed E-state index contributed by atoms with van der Waals surface area (Å²) in [5, 5.41) is 0.777. The zero-order valence-corrected chi connectivity index (χ0v) is 18.3. The number of amides is 1. The van der Waals surface area contributed by atoms with Crippen LogP contribution in [0.3, 0.4) is 0 Å². The molecule has 5 nitrogen and oxygen atoms in total. The number of hydrogen-bond donors (Lipinski definition) is 0. The molecule has 9 heteroatoms. The maximum atomic E-state index is 14.6. The molecule has 1 aliphatic rings. The normalized spacial score (nSPS) is 16.0. The summed E-state index contributed by atoms with van der Waals surface area (Å²) in [4.78, 5) is 22.3. The molecule has 0 saturated carbocycles. The first-order valence-corrected chi connectivity index (χ1v) is 10.1. The molecule has 2 heterocycles. The van der Waals surface area contributed by atoms with Crippen molar-refractivity contribution in [3.05, 3.63) is 32.4 Å². The molecule has 1 aromatic heterocycles. The van der Waals surface area contributed by atoms with Gasteiger partial charge in [0, 0.05) is 24.4 Å². The molecule has 1 aromatic carbocycles. The number of benzene rings is 1. The van der Waals surface area contributed by atoms with Crippen LogP contribution in [-0.2, 0) is 4.74 Å². The highest BCUT2D eigenvalue weighted by Gasteiger charge is 2.30. The maximum Gasteiger partial charge on any atom is 0.410 e. The molecule has 1 aliphatic heterocycles. The molecule has 2 aromatic rings. The van der Waals surface area contributed by atoms with Crippen LogP contribution in [0.5, 0.6) is 0 Å². The Morgan fingerprint density at radius 3 is 2.52 bits per heavy atom. The van der Waals surface area contributed by atoms with Gasteiger partial charge in [0.15, 0.2) is 5.82 Å². The summed E-state index contributed by atoms with van der Waals surface area (Å²) in [7, 11) is 0. The standard InChI is InChI=1S/C18H19BrCl2FN3O2/c1-18(2,3)27-17(26)25-6-4-9(5-7-25)14-10-8-11(20)12(19)13(22)15(10)24-16(21)23-14/h8-9H,4-7H2,1-3H3. The lowest BCUT2D eigenvalue weighted by molar-refractivity contribution is 0.0204. The molecule has 0 atom stereocenters. The Hall–Kier alpha value is -1.18. The highest BCUT2D eigenvalue weighted by Crippen LogP contribution is 2.37. The zero-order valence-electron chi connectivity index (χ0n) is 15.2. The Morgan fingerprint density at radius 2 is 1.93 bits per heavy atom. The van der Waals surface area contributed by atoms with Gasteiger partial charge in [-0.1, -0.05) is 11.6 Å². The second-order valence-electron chi connectivity index (χ2n) is 7.50. The van der Waals surface area contributed by atoms with Crippen molar-refractivity contribution >= 4 is 56.1 Å². The summed E-state index contributed by atoms with van der Waals surface area (Å²) in [5.74, 6) is -0.544. The monoisotopic (exact) mass is 477 g/mol. The molecule has 1 saturated heterocycles. The van der Waals surface area contributed by atoms with E-state index in [9.17, 15) is 9.18 Å². The number of nitrogens with zero attached hydrogens (tertiary/aromatic N) is 3. The second kappa shape index (κ2) is 7.68. The van der Waals surface area contributed by atoms with Crippen molar-refractivity contribution in [3.8, 4) is 0 Å². The van der Waals surface area contributed by atoms with Gasteiger partial charge in [-0.3, -0.25) is 0 Å². The molecule has 0 bridgehead atoms. The third kappa shape index (κ3) is 4.46. The minimum atomic E-state index is -0.561. The summed E-state index contributed by atoms with van der Waals surface area (Å²) in [6, 6.07) is 1.65. The van der Waals surface area contributed by atoms with E-state index in [-0.39, 0.29) is 32.3 Å².